The standard InChI is InChI=1S/C22H28N4O2/c1-16-4-9-20(24-23-16)26-11-10-25(13-17(26)2)21(27)12-18-5-7-19(8-6-18)22(3)14-28-15-22/h4-9,17H,10-15H2,1-3H3/t17-/m0/s1. The summed E-state index contributed by atoms with van der Waals surface area (Å²) in [5.74, 6) is 1.07. The van der Waals surface area contributed by atoms with E-state index in [0.29, 0.717) is 19.5 Å². The SMILES string of the molecule is Cc1ccc(N2CCN(C(=O)Cc3ccc(C4(C)COC4)cc3)C[C@@H]2C)nn1. The molecule has 0 N–H and O–H groups in total. The molecule has 2 saturated heterocycles. The third-order valence-corrected chi connectivity index (χ3v) is 5.91. The summed E-state index contributed by atoms with van der Waals surface area (Å²) < 4.78 is 5.35. The molecular weight excluding hydrogens is 352 g/mol. The predicted octanol–water partition coefficient (Wildman–Crippen LogP) is 2.35. The van der Waals surface area contributed by atoms with Crippen LogP contribution in [0.15, 0.2) is 36.4 Å². The van der Waals surface area contributed by atoms with Crippen molar-refractivity contribution in [3.8, 4) is 0 Å². The molecule has 1 amide bonds. The lowest BCUT2D eigenvalue weighted by atomic mass is 9.80. The van der Waals surface area contributed by atoms with E-state index in [1.807, 2.05) is 24.0 Å². The molecule has 0 bridgehead atoms. The van der Waals surface area contributed by atoms with Crippen molar-refractivity contribution in [3.63, 3.8) is 0 Å². The lowest BCUT2D eigenvalue weighted by Crippen LogP contribution is -2.54. The zero-order chi connectivity index (χ0) is 19.7. The van der Waals surface area contributed by atoms with Gasteiger partial charge in [-0.3, -0.25) is 4.79 Å². The van der Waals surface area contributed by atoms with Gasteiger partial charge in [-0.15, -0.1) is 5.10 Å². The molecule has 4 rings (SSSR count). The van der Waals surface area contributed by atoms with Gasteiger partial charge in [0.25, 0.3) is 0 Å². The van der Waals surface area contributed by atoms with Crippen LogP contribution in [0.3, 0.4) is 0 Å². The number of nitrogens with zero attached hydrogens (tertiary/aromatic N) is 4. The molecule has 2 aromatic rings. The molecule has 1 aromatic heterocycles. The van der Waals surface area contributed by atoms with E-state index in [-0.39, 0.29) is 17.4 Å². The van der Waals surface area contributed by atoms with Crippen molar-refractivity contribution in [2.24, 2.45) is 0 Å². The number of benzene rings is 1. The Hall–Kier alpha value is -2.47. The minimum absolute atomic E-state index is 0.132. The van der Waals surface area contributed by atoms with Crippen molar-refractivity contribution >= 4 is 11.7 Å². The zero-order valence-electron chi connectivity index (χ0n) is 16.9. The monoisotopic (exact) mass is 380 g/mol. The number of carbonyl (C=O) groups is 1. The van der Waals surface area contributed by atoms with Gasteiger partial charge in [0.15, 0.2) is 5.82 Å². The fourth-order valence-corrected chi connectivity index (χ4v) is 3.96. The Morgan fingerprint density at radius 3 is 2.46 bits per heavy atom. The van der Waals surface area contributed by atoms with Crippen molar-refractivity contribution in [2.45, 2.75) is 38.6 Å². The van der Waals surface area contributed by atoms with Gasteiger partial charge in [-0.2, -0.15) is 5.10 Å². The molecule has 2 fully saturated rings. The molecule has 2 aliphatic rings. The van der Waals surface area contributed by atoms with Crippen LogP contribution in [0.25, 0.3) is 0 Å². The van der Waals surface area contributed by atoms with Gasteiger partial charge in [0.2, 0.25) is 5.91 Å². The van der Waals surface area contributed by atoms with Crippen LogP contribution in [0.4, 0.5) is 5.82 Å². The fraction of sp³-hybridized carbons (Fsp3) is 0.500. The first-order valence-corrected chi connectivity index (χ1v) is 9.96. The molecule has 0 spiro atoms. The van der Waals surface area contributed by atoms with Crippen LogP contribution in [0.5, 0.6) is 0 Å². The second-order valence-electron chi connectivity index (χ2n) is 8.34. The largest absolute Gasteiger partial charge is 0.379 e. The van der Waals surface area contributed by atoms with Gasteiger partial charge in [0.1, 0.15) is 0 Å². The highest BCUT2D eigenvalue weighted by Crippen LogP contribution is 2.31. The summed E-state index contributed by atoms with van der Waals surface area (Å²) in [6, 6.07) is 12.6. The first-order chi connectivity index (χ1) is 13.4. The summed E-state index contributed by atoms with van der Waals surface area (Å²) >= 11 is 0. The van der Waals surface area contributed by atoms with Crippen molar-refractivity contribution < 1.29 is 9.53 Å². The van der Waals surface area contributed by atoms with Crippen molar-refractivity contribution in [1.82, 2.24) is 15.1 Å². The van der Waals surface area contributed by atoms with Gasteiger partial charge in [0, 0.05) is 31.1 Å². The highest BCUT2D eigenvalue weighted by Gasteiger charge is 2.35. The molecule has 0 unspecified atom stereocenters. The van der Waals surface area contributed by atoms with Crippen LogP contribution in [-0.2, 0) is 21.4 Å². The average molecular weight is 380 g/mol. The number of hydrogen-bond donors (Lipinski definition) is 0. The maximum Gasteiger partial charge on any atom is 0.227 e. The minimum atomic E-state index is 0.132. The fourth-order valence-electron chi connectivity index (χ4n) is 3.96. The molecule has 6 heteroatoms. The predicted molar refractivity (Wildman–Crippen MR) is 108 cm³/mol. The van der Waals surface area contributed by atoms with E-state index in [2.05, 4.69) is 53.2 Å². The summed E-state index contributed by atoms with van der Waals surface area (Å²) in [5, 5.41) is 8.45. The zero-order valence-corrected chi connectivity index (χ0v) is 16.9. The Labute approximate surface area is 166 Å². The topological polar surface area (TPSA) is 58.6 Å². The van der Waals surface area contributed by atoms with E-state index in [9.17, 15) is 4.79 Å². The first kappa shape index (κ1) is 18.9. The molecule has 0 saturated carbocycles. The Morgan fingerprint density at radius 1 is 1.14 bits per heavy atom. The highest BCUT2D eigenvalue weighted by atomic mass is 16.5. The lowest BCUT2D eigenvalue weighted by Gasteiger charge is -2.40. The summed E-state index contributed by atoms with van der Waals surface area (Å²) in [5.41, 5.74) is 3.40. The van der Waals surface area contributed by atoms with Crippen LogP contribution in [0.1, 0.15) is 30.7 Å². The summed E-state index contributed by atoms with van der Waals surface area (Å²) in [6.07, 6.45) is 0.449. The molecule has 0 radical (unpaired) electrons. The van der Waals surface area contributed by atoms with Gasteiger partial charge in [-0.05, 0) is 37.1 Å². The maximum absolute atomic E-state index is 12.8. The lowest BCUT2D eigenvalue weighted by molar-refractivity contribution is -0.131. The van der Waals surface area contributed by atoms with Crippen molar-refractivity contribution in [3.05, 3.63) is 53.2 Å². The van der Waals surface area contributed by atoms with Crippen molar-refractivity contribution in [2.75, 3.05) is 37.7 Å². The number of rotatable bonds is 4. The third-order valence-electron chi connectivity index (χ3n) is 5.91. The van der Waals surface area contributed by atoms with Gasteiger partial charge in [-0.1, -0.05) is 31.2 Å². The number of piperazine rings is 1. The summed E-state index contributed by atoms with van der Waals surface area (Å²) in [6.45, 7) is 10.0. The smallest absolute Gasteiger partial charge is 0.227 e. The molecule has 0 aliphatic carbocycles. The third kappa shape index (κ3) is 3.74. The highest BCUT2D eigenvalue weighted by molar-refractivity contribution is 5.79. The molecular formula is C22H28N4O2. The van der Waals surface area contributed by atoms with Crippen molar-refractivity contribution in [1.29, 1.82) is 0 Å². The Bertz CT molecular complexity index is 831. The van der Waals surface area contributed by atoms with Gasteiger partial charge < -0.3 is 14.5 Å². The van der Waals surface area contributed by atoms with Crippen LogP contribution in [0.2, 0.25) is 0 Å². The molecule has 1 aromatic carbocycles. The normalized spacial score (nSPS) is 21.3. The number of aromatic nitrogens is 2. The van der Waals surface area contributed by atoms with Gasteiger partial charge in [0.05, 0.1) is 25.3 Å². The van der Waals surface area contributed by atoms with Crippen LogP contribution in [-0.4, -0.2) is 59.9 Å². The average Bonchev–Trinajstić information content (AvgIpc) is 2.67. The second kappa shape index (κ2) is 7.51. The van der Waals surface area contributed by atoms with Crippen LogP contribution in [0, 0.1) is 6.92 Å². The van der Waals surface area contributed by atoms with E-state index in [1.54, 1.807) is 0 Å². The minimum Gasteiger partial charge on any atom is -0.379 e. The van der Waals surface area contributed by atoms with E-state index in [4.69, 9.17) is 4.74 Å². The Balaban J connectivity index is 1.35. The maximum atomic E-state index is 12.8. The van der Waals surface area contributed by atoms with E-state index in [0.717, 1.165) is 36.8 Å². The van der Waals surface area contributed by atoms with E-state index in [1.165, 1.54) is 5.56 Å². The molecule has 6 nitrogen and oxygen atoms in total. The van der Waals surface area contributed by atoms with Gasteiger partial charge in [-0.25, -0.2) is 0 Å². The number of amides is 1. The Morgan fingerprint density at radius 2 is 1.89 bits per heavy atom. The van der Waals surface area contributed by atoms with E-state index < -0.39 is 0 Å². The number of carbonyl (C=O) groups excluding carboxylic acids is 1. The number of anilines is 1. The number of ether oxygens (including phenoxy) is 1. The Kier molecular flexibility index (Phi) is 5.06. The molecule has 28 heavy (non-hydrogen) atoms. The molecule has 1 atom stereocenters. The van der Waals surface area contributed by atoms with E-state index >= 15 is 0 Å². The molecule has 2 aliphatic heterocycles. The first-order valence-electron chi connectivity index (χ1n) is 9.96. The van der Waals surface area contributed by atoms with Crippen LogP contribution >= 0.6 is 0 Å². The van der Waals surface area contributed by atoms with Gasteiger partial charge >= 0.3 is 0 Å². The summed E-state index contributed by atoms with van der Waals surface area (Å²) in [4.78, 5) is 17.0. The number of hydrogen-bond acceptors (Lipinski definition) is 5. The second-order valence-corrected chi connectivity index (χ2v) is 8.34. The number of aryl methyl sites for hydroxylation is 1. The molecule has 3 heterocycles. The summed E-state index contributed by atoms with van der Waals surface area (Å²) in [7, 11) is 0. The van der Waals surface area contributed by atoms with Crippen LogP contribution < -0.4 is 4.90 Å². The molecule has 148 valence electrons. The quantitative estimate of drug-likeness (QED) is 0.815.